The van der Waals surface area contributed by atoms with Crippen molar-refractivity contribution in [3.05, 3.63) is 33.8 Å². The molecule has 0 aromatic heterocycles. The van der Waals surface area contributed by atoms with Gasteiger partial charge in [0.25, 0.3) is 0 Å². The molecule has 1 nitrogen and oxygen atoms in total. The van der Waals surface area contributed by atoms with Crippen LogP contribution in [0.2, 0.25) is 5.02 Å². The first-order chi connectivity index (χ1) is 7.08. The van der Waals surface area contributed by atoms with Crippen molar-refractivity contribution in [3.8, 4) is 0 Å². The van der Waals surface area contributed by atoms with Crippen LogP contribution in [0.3, 0.4) is 0 Å². The van der Waals surface area contributed by atoms with Crippen molar-refractivity contribution in [2.24, 2.45) is 5.73 Å². The van der Waals surface area contributed by atoms with Gasteiger partial charge in [-0.1, -0.05) is 24.6 Å². The highest BCUT2D eigenvalue weighted by molar-refractivity contribution is 7.99. The molecule has 0 amide bonds. The Kier molecular flexibility index (Phi) is 3.29. The van der Waals surface area contributed by atoms with Gasteiger partial charge in [-0.25, -0.2) is 0 Å². The lowest BCUT2D eigenvalue weighted by molar-refractivity contribution is 0.650. The predicted molar refractivity (Wildman–Crippen MR) is 68.5 cm³/mol. The third-order valence-corrected chi connectivity index (χ3v) is 4.43. The van der Waals surface area contributed by atoms with Crippen molar-refractivity contribution >= 4 is 23.4 Å². The smallest absolute Gasteiger partial charge is 0.0452 e. The molecule has 15 heavy (non-hydrogen) atoms. The third kappa shape index (κ3) is 2.32. The Morgan fingerprint density at radius 3 is 2.93 bits per heavy atom. The Morgan fingerprint density at radius 1 is 1.47 bits per heavy atom. The predicted octanol–water partition coefficient (Wildman–Crippen LogP) is 3.67. The summed E-state index contributed by atoms with van der Waals surface area (Å²) in [5, 5.41) is 1.49. The number of aryl methyl sites for hydroxylation is 1. The molecule has 0 fully saturated rings. The van der Waals surface area contributed by atoms with Gasteiger partial charge in [-0.05, 0) is 36.1 Å². The van der Waals surface area contributed by atoms with Crippen LogP contribution in [-0.2, 0) is 5.75 Å². The molecule has 0 saturated heterocycles. The zero-order valence-electron chi connectivity index (χ0n) is 9.09. The molecule has 2 rings (SSSR count). The van der Waals surface area contributed by atoms with Crippen molar-refractivity contribution < 1.29 is 0 Å². The number of rotatable bonds is 0. The molecule has 1 aliphatic rings. The molecule has 0 aliphatic carbocycles. The van der Waals surface area contributed by atoms with Crippen LogP contribution in [0.25, 0.3) is 0 Å². The summed E-state index contributed by atoms with van der Waals surface area (Å²) in [5.74, 6) is 0.989. The molecule has 0 spiro atoms. The third-order valence-electron chi connectivity index (χ3n) is 2.87. The first-order valence-corrected chi connectivity index (χ1v) is 6.66. The Labute approximate surface area is 100 Å². The van der Waals surface area contributed by atoms with E-state index >= 15 is 0 Å². The maximum Gasteiger partial charge on any atom is 0.0452 e. The topological polar surface area (TPSA) is 26.0 Å². The second kappa shape index (κ2) is 4.36. The average molecular weight is 242 g/mol. The maximum absolute atomic E-state index is 6.26. The summed E-state index contributed by atoms with van der Waals surface area (Å²) in [5.41, 5.74) is 9.89. The van der Waals surface area contributed by atoms with Crippen LogP contribution >= 0.6 is 23.4 Å². The fraction of sp³-hybridized carbons (Fsp3) is 0.500. The van der Waals surface area contributed by atoms with Crippen LogP contribution in [0, 0.1) is 6.92 Å². The largest absolute Gasteiger partial charge is 0.324 e. The molecule has 1 aromatic carbocycles. The van der Waals surface area contributed by atoms with Crippen molar-refractivity contribution in [2.45, 2.75) is 37.3 Å². The summed E-state index contributed by atoms with van der Waals surface area (Å²) in [6.07, 6.45) is 1.04. The summed E-state index contributed by atoms with van der Waals surface area (Å²) in [4.78, 5) is 0. The molecule has 0 radical (unpaired) electrons. The number of fused-ring (bicyclic) bond motifs is 1. The van der Waals surface area contributed by atoms with Crippen molar-refractivity contribution in [1.82, 2.24) is 0 Å². The molecule has 0 bridgehead atoms. The van der Waals surface area contributed by atoms with Gasteiger partial charge in [0.05, 0.1) is 0 Å². The van der Waals surface area contributed by atoms with E-state index in [2.05, 4.69) is 19.9 Å². The minimum absolute atomic E-state index is 0.141. The van der Waals surface area contributed by atoms with E-state index in [1.807, 2.05) is 17.8 Å². The molecule has 2 atom stereocenters. The van der Waals surface area contributed by atoms with Crippen LogP contribution in [0.15, 0.2) is 12.1 Å². The SMILES string of the molecule is Cc1cc(Cl)c2c(c1)[C@@H](N)CC(C)SC2. The molecule has 2 N–H and O–H groups in total. The van der Waals surface area contributed by atoms with Gasteiger partial charge in [0.1, 0.15) is 0 Å². The van der Waals surface area contributed by atoms with E-state index in [4.69, 9.17) is 17.3 Å². The lowest BCUT2D eigenvalue weighted by Gasteiger charge is -2.15. The van der Waals surface area contributed by atoms with Gasteiger partial charge in [-0.15, -0.1) is 0 Å². The number of thioether (sulfide) groups is 1. The van der Waals surface area contributed by atoms with Gasteiger partial charge in [0.2, 0.25) is 0 Å². The number of hydrogen-bond acceptors (Lipinski definition) is 2. The molecule has 82 valence electrons. The first-order valence-electron chi connectivity index (χ1n) is 5.24. The van der Waals surface area contributed by atoms with Gasteiger partial charge in [0.15, 0.2) is 0 Å². The minimum atomic E-state index is 0.141. The highest BCUT2D eigenvalue weighted by Crippen LogP contribution is 2.37. The van der Waals surface area contributed by atoms with Crippen molar-refractivity contribution in [2.75, 3.05) is 0 Å². The Bertz CT molecular complexity index is 378. The van der Waals surface area contributed by atoms with Crippen molar-refractivity contribution in [3.63, 3.8) is 0 Å². The fourth-order valence-electron chi connectivity index (χ4n) is 2.06. The van der Waals surface area contributed by atoms with E-state index in [1.165, 1.54) is 16.7 Å². The Balaban J connectivity index is 2.48. The van der Waals surface area contributed by atoms with Crippen molar-refractivity contribution in [1.29, 1.82) is 0 Å². The van der Waals surface area contributed by atoms with Gasteiger partial charge in [-0.3, -0.25) is 0 Å². The molecule has 0 saturated carbocycles. The van der Waals surface area contributed by atoms with Crippen LogP contribution in [0.1, 0.15) is 36.1 Å². The molecule has 1 aromatic rings. The summed E-state index contributed by atoms with van der Waals surface area (Å²) in [6, 6.07) is 4.36. The first kappa shape index (κ1) is 11.3. The molecular weight excluding hydrogens is 226 g/mol. The van der Waals surface area contributed by atoms with Crippen LogP contribution in [-0.4, -0.2) is 5.25 Å². The summed E-state index contributed by atoms with van der Waals surface area (Å²) < 4.78 is 0. The number of hydrogen-bond donors (Lipinski definition) is 1. The lowest BCUT2D eigenvalue weighted by Crippen LogP contribution is -2.14. The Morgan fingerprint density at radius 2 is 2.20 bits per heavy atom. The van der Waals surface area contributed by atoms with Gasteiger partial charge in [-0.2, -0.15) is 11.8 Å². The zero-order valence-corrected chi connectivity index (χ0v) is 10.7. The standard InChI is InChI=1S/C12H16ClNS/c1-7-3-9-10(11(13)4-7)6-15-8(2)5-12(9)14/h3-4,8,12H,5-6,14H2,1-2H3/t8?,12-/m0/s1. The summed E-state index contributed by atoms with van der Waals surface area (Å²) >= 11 is 8.21. The van der Waals surface area contributed by atoms with E-state index in [1.54, 1.807) is 0 Å². The van der Waals surface area contributed by atoms with Crippen LogP contribution in [0.4, 0.5) is 0 Å². The molecule has 3 heteroatoms. The normalized spacial score (nSPS) is 25.9. The molecule has 1 aliphatic heterocycles. The quantitative estimate of drug-likeness (QED) is 0.750. The number of benzene rings is 1. The fourth-order valence-corrected chi connectivity index (χ4v) is 3.60. The minimum Gasteiger partial charge on any atom is -0.324 e. The molecule has 1 heterocycles. The monoisotopic (exact) mass is 241 g/mol. The Hall–Kier alpha value is -0.180. The van der Waals surface area contributed by atoms with Crippen LogP contribution in [0.5, 0.6) is 0 Å². The number of halogens is 1. The van der Waals surface area contributed by atoms with Gasteiger partial charge < -0.3 is 5.73 Å². The highest BCUT2D eigenvalue weighted by atomic mass is 35.5. The van der Waals surface area contributed by atoms with Gasteiger partial charge >= 0.3 is 0 Å². The summed E-state index contributed by atoms with van der Waals surface area (Å²) in [6.45, 7) is 4.30. The molecule has 1 unspecified atom stereocenters. The lowest BCUT2D eigenvalue weighted by atomic mass is 9.96. The highest BCUT2D eigenvalue weighted by Gasteiger charge is 2.21. The van der Waals surface area contributed by atoms with E-state index in [-0.39, 0.29) is 6.04 Å². The van der Waals surface area contributed by atoms with Crippen LogP contribution < -0.4 is 5.73 Å². The van der Waals surface area contributed by atoms with E-state index in [0.717, 1.165) is 17.2 Å². The average Bonchev–Trinajstić information content (AvgIpc) is 2.27. The summed E-state index contributed by atoms with van der Waals surface area (Å²) in [7, 11) is 0. The van der Waals surface area contributed by atoms with E-state index in [9.17, 15) is 0 Å². The van der Waals surface area contributed by atoms with Gasteiger partial charge in [0, 0.05) is 22.1 Å². The second-order valence-electron chi connectivity index (χ2n) is 4.28. The number of nitrogens with two attached hydrogens (primary N) is 1. The van der Waals surface area contributed by atoms with E-state index in [0.29, 0.717) is 5.25 Å². The second-order valence-corrected chi connectivity index (χ2v) is 6.11. The molecular formula is C12H16ClNS. The maximum atomic E-state index is 6.26. The van der Waals surface area contributed by atoms with E-state index < -0.39 is 0 Å². The zero-order chi connectivity index (χ0) is 11.0.